The second-order valence-electron chi connectivity index (χ2n) is 5.57. The van der Waals surface area contributed by atoms with Crippen molar-refractivity contribution in [3.63, 3.8) is 0 Å². The number of sulfonamides is 1. The van der Waals surface area contributed by atoms with E-state index in [2.05, 4.69) is 10.1 Å². The minimum absolute atomic E-state index is 0. The largest absolute Gasteiger partial charge is 0.433 e. The maximum absolute atomic E-state index is 13.0. The monoisotopic (exact) mass is 418 g/mol. The van der Waals surface area contributed by atoms with Crippen molar-refractivity contribution in [3.05, 3.63) is 23.2 Å². The number of halogens is 4. The Kier molecular flexibility index (Phi) is 8.83. The van der Waals surface area contributed by atoms with Gasteiger partial charge in [-0.15, -0.1) is 12.4 Å². The van der Waals surface area contributed by atoms with Crippen LogP contribution in [0.4, 0.5) is 8.78 Å². The first-order chi connectivity index (χ1) is 11.4. The maximum atomic E-state index is 13.0. The van der Waals surface area contributed by atoms with Gasteiger partial charge in [-0.2, -0.15) is 13.1 Å². The van der Waals surface area contributed by atoms with Crippen LogP contribution in [-0.4, -0.2) is 45.0 Å². The van der Waals surface area contributed by atoms with Gasteiger partial charge >= 0.3 is 6.61 Å². The van der Waals surface area contributed by atoms with E-state index in [4.69, 9.17) is 11.6 Å². The molecule has 0 bridgehead atoms. The number of hydrogen-bond donors (Lipinski definition) is 1. The highest BCUT2D eigenvalue weighted by molar-refractivity contribution is 7.89. The zero-order valence-corrected chi connectivity index (χ0v) is 16.1. The predicted octanol–water partition coefficient (Wildman–Crippen LogP) is 3.52. The van der Waals surface area contributed by atoms with Gasteiger partial charge in [-0.05, 0) is 50.6 Å². The minimum Gasteiger partial charge on any atom is -0.433 e. The highest BCUT2D eigenvalue weighted by atomic mass is 35.5. The molecule has 1 saturated heterocycles. The van der Waals surface area contributed by atoms with Crippen LogP contribution in [0.2, 0.25) is 5.02 Å². The molecule has 1 N–H and O–H groups in total. The third-order valence-electron chi connectivity index (χ3n) is 3.89. The molecule has 0 radical (unpaired) electrons. The standard InChI is InChI=1S/C15H21ClF2N2O3S.ClH/c1-2-9-20(11-5-7-19-8-6-11)24(21,22)12-3-4-14(13(16)10-12)23-15(17)18;/h3-4,10-11,15,19H,2,5-9H2,1H3;1H. The third-order valence-corrected chi connectivity index (χ3v) is 6.13. The molecule has 0 aromatic heterocycles. The van der Waals surface area contributed by atoms with Gasteiger partial charge in [0, 0.05) is 12.6 Å². The van der Waals surface area contributed by atoms with Crippen LogP contribution in [0.1, 0.15) is 26.2 Å². The van der Waals surface area contributed by atoms with Gasteiger partial charge in [-0.25, -0.2) is 8.42 Å². The van der Waals surface area contributed by atoms with Gasteiger partial charge in [0.05, 0.1) is 9.92 Å². The Morgan fingerprint density at radius 3 is 2.52 bits per heavy atom. The summed E-state index contributed by atoms with van der Waals surface area (Å²) in [6.45, 7) is 0.831. The Morgan fingerprint density at radius 1 is 1.36 bits per heavy atom. The SMILES string of the molecule is CCCN(C1CCNCC1)S(=O)(=O)c1ccc(OC(F)F)c(Cl)c1.Cl. The van der Waals surface area contributed by atoms with E-state index in [1.165, 1.54) is 16.4 Å². The molecule has 0 saturated carbocycles. The van der Waals surface area contributed by atoms with E-state index < -0.39 is 16.6 Å². The molecular weight excluding hydrogens is 397 g/mol. The van der Waals surface area contributed by atoms with Gasteiger partial charge in [0.1, 0.15) is 5.75 Å². The summed E-state index contributed by atoms with van der Waals surface area (Å²) in [5.74, 6) is -0.241. The molecule has 25 heavy (non-hydrogen) atoms. The lowest BCUT2D eigenvalue weighted by Gasteiger charge is -2.33. The van der Waals surface area contributed by atoms with Crippen LogP contribution in [0, 0.1) is 0 Å². The van der Waals surface area contributed by atoms with Crippen molar-refractivity contribution in [3.8, 4) is 5.75 Å². The lowest BCUT2D eigenvalue weighted by molar-refractivity contribution is -0.0498. The van der Waals surface area contributed by atoms with Crippen LogP contribution in [-0.2, 0) is 10.0 Å². The fourth-order valence-corrected chi connectivity index (χ4v) is 4.88. The highest BCUT2D eigenvalue weighted by Crippen LogP contribution is 2.31. The smallest absolute Gasteiger partial charge is 0.387 e. The summed E-state index contributed by atoms with van der Waals surface area (Å²) < 4.78 is 56.3. The fourth-order valence-electron chi connectivity index (χ4n) is 2.78. The molecule has 0 aliphatic carbocycles. The molecule has 144 valence electrons. The van der Waals surface area contributed by atoms with Crippen molar-refractivity contribution in [1.82, 2.24) is 9.62 Å². The van der Waals surface area contributed by atoms with Gasteiger partial charge in [0.15, 0.2) is 0 Å². The summed E-state index contributed by atoms with van der Waals surface area (Å²) in [7, 11) is -3.75. The van der Waals surface area contributed by atoms with Crippen LogP contribution in [0.3, 0.4) is 0 Å². The van der Waals surface area contributed by atoms with Gasteiger partial charge in [0.2, 0.25) is 10.0 Å². The summed E-state index contributed by atoms with van der Waals surface area (Å²) in [6.07, 6.45) is 2.16. The molecular formula is C15H22Cl2F2N2O3S. The zero-order valence-electron chi connectivity index (χ0n) is 13.8. The molecule has 0 spiro atoms. The van der Waals surface area contributed by atoms with Crippen molar-refractivity contribution >= 4 is 34.0 Å². The van der Waals surface area contributed by atoms with Crippen LogP contribution in [0.15, 0.2) is 23.1 Å². The second-order valence-corrected chi connectivity index (χ2v) is 7.87. The van der Waals surface area contributed by atoms with Gasteiger partial charge in [-0.3, -0.25) is 0 Å². The summed E-state index contributed by atoms with van der Waals surface area (Å²) in [4.78, 5) is -0.0129. The lowest BCUT2D eigenvalue weighted by atomic mass is 10.1. The zero-order chi connectivity index (χ0) is 17.7. The Morgan fingerprint density at radius 2 is 2.00 bits per heavy atom. The number of nitrogens with zero attached hydrogens (tertiary/aromatic N) is 1. The lowest BCUT2D eigenvalue weighted by Crippen LogP contribution is -2.46. The van der Waals surface area contributed by atoms with E-state index in [-0.39, 0.29) is 34.1 Å². The number of rotatable bonds is 7. The third kappa shape index (κ3) is 5.65. The normalized spacial score (nSPS) is 16.1. The van der Waals surface area contributed by atoms with Crippen molar-refractivity contribution in [2.75, 3.05) is 19.6 Å². The molecule has 1 aliphatic heterocycles. The first-order valence-electron chi connectivity index (χ1n) is 7.83. The molecule has 5 nitrogen and oxygen atoms in total. The van der Waals surface area contributed by atoms with E-state index in [0.717, 1.165) is 32.0 Å². The van der Waals surface area contributed by atoms with Crippen molar-refractivity contribution in [2.45, 2.75) is 43.7 Å². The molecule has 1 fully saturated rings. The summed E-state index contributed by atoms with van der Waals surface area (Å²) in [5, 5.41) is 3.05. The quantitative estimate of drug-likeness (QED) is 0.735. The summed E-state index contributed by atoms with van der Waals surface area (Å²) in [6, 6.07) is 3.50. The van der Waals surface area contributed by atoms with Crippen molar-refractivity contribution < 1.29 is 21.9 Å². The maximum Gasteiger partial charge on any atom is 0.387 e. The molecule has 10 heteroatoms. The number of piperidine rings is 1. The Hall–Kier alpha value is -0.670. The van der Waals surface area contributed by atoms with E-state index in [1.54, 1.807) is 0 Å². The number of benzene rings is 1. The van der Waals surface area contributed by atoms with Gasteiger partial charge in [0.25, 0.3) is 0 Å². The molecule has 2 rings (SSSR count). The van der Waals surface area contributed by atoms with Gasteiger partial charge in [-0.1, -0.05) is 18.5 Å². The average Bonchev–Trinajstić information content (AvgIpc) is 2.54. The fraction of sp³-hybridized carbons (Fsp3) is 0.600. The first kappa shape index (κ1) is 22.4. The van der Waals surface area contributed by atoms with Crippen LogP contribution < -0.4 is 10.1 Å². The highest BCUT2D eigenvalue weighted by Gasteiger charge is 2.32. The van der Waals surface area contributed by atoms with Crippen molar-refractivity contribution in [2.24, 2.45) is 0 Å². The van der Waals surface area contributed by atoms with Crippen LogP contribution in [0.25, 0.3) is 0 Å². The Bertz CT molecular complexity index is 656. The summed E-state index contributed by atoms with van der Waals surface area (Å²) in [5.41, 5.74) is 0. The predicted molar refractivity (Wildman–Crippen MR) is 95.4 cm³/mol. The number of alkyl halides is 2. The van der Waals surface area contributed by atoms with Gasteiger partial charge < -0.3 is 10.1 Å². The van der Waals surface area contributed by atoms with Crippen LogP contribution >= 0.6 is 24.0 Å². The molecule has 0 atom stereocenters. The minimum atomic E-state index is -3.75. The molecule has 1 aromatic carbocycles. The average molecular weight is 419 g/mol. The summed E-state index contributed by atoms with van der Waals surface area (Å²) >= 11 is 5.90. The van der Waals surface area contributed by atoms with E-state index in [9.17, 15) is 17.2 Å². The number of ether oxygens (including phenoxy) is 1. The molecule has 0 amide bonds. The Labute approximate surface area is 158 Å². The van der Waals surface area contributed by atoms with E-state index in [0.29, 0.717) is 13.0 Å². The topological polar surface area (TPSA) is 58.6 Å². The molecule has 1 aromatic rings. The first-order valence-corrected chi connectivity index (χ1v) is 9.65. The van der Waals surface area contributed by atoms with E-state index >= 15 is 0 Å². The van der Waals surface area contributed by atoms with Crippen LogP contribution in [0.5, 0.6) is 5.75 Å². The van der Waals surface area contributed by atoms with Crippen molar-refractivity contribution in [1.29, 1.82) is 0 Å². The van der Waals surface area contributed by atoms with E-state index in [1.807, 2.05) is 6.92 Å². The molecule has 1 heterocycles. The second kappa shape index (κ2) is 9.87. The number of hydrogen-bond acceptors (Lipinski definition) is 4. The number of nitrogens with one attached hydrogen (secondary N) is 1. The molecule has 1 aliphatic rings. The molecule has 0 unspecified atom stereocenters. The Balaban J connectivity index is 0.00000312.